The van der Waals surface area contributed by atoms with Gasteiger partial charge in [-0.2, -0.15) is 0 Å². The Balaban J connectivity index is 1.61. The summed E-state index contributed by atoms with van der Waals surface area (Å²) in [6.07, 6.45) is 0. The van der Waals surface area contributed by atoms with Gasteiger partial charge in [-0.3, -0.25) is 0 Å². The molecule has 3 aromatic carbocycles. The van der Waals surface area contributed by atoms with Crippen molar-refractivity contribution >= 4 is 0 Å². The molecule has 30 heavy (non-hydrogen) atoms. The van der Waals surface area contributed by atoms with Crippen molar-refractivity contribution in [3.63, 3.8) is 0 Å². The summed E-state index contributed by atoms with van der Waals surface area (Å²) in [5.74, 6) is 1.98. The predicted molar refractivity (Wildman–Crippen MR) is 118 cm³/mol. The third kappa shape index (κ3) is 6.07. The second kappa shape index (κ2) is 10.8. The number of hydrogen-bond acceptors (Lipinski definition) is 3. The van der Waals surface area contributed by atoms with Crippen molar-refractivity contribution in [1.82, 2.24) is 0 Å². The zero-order valence-corrected chi connectivity index (χ0v) is 17.8. The third-order valence-electron chi connectivity index (χ3n) is 4.96. The Morgan fingerprint density at radius 3 is 2.27 bits per heavy atom. The van der Waals surface area contributed by atoms with E-state index in [1.165, 1.54) is 11.6 Å². The molecule has 3 nitrogen and oxygen atoms in total. The molecule has 0 fully saturated rings. The largest absolute Gasteiger partial charge is 0.494 e. The monoisotopic (exact) mass is 408 g/mol. The standard InChI is InChI=1S/C26H29FO3/c1-4-29-22-13-11-21(12-14-22)24(19(2)3)18-28-17-20-10-15-25(27)26(16-20)30-23-8-6-5-7-9-23/h5-16,19,24H,4,17-18H2,1-3H3. The van der Waals surface area contributed by atoms with Crippen LogP contribution >= 0.6 is 0 Å². The molecule has 0 aliphatic rings. The summed E-state index contributed by atoms with van der Waals surface area (Å²) in [6.45, 7) is 7.99. The molecular weight excluding hydrogens is 379 g/mol. The predicted octanol–water partition coefficient (Wildman–Crippen LogP) is 6.97. The van der Waals surface area contributed by atoms with Crippen molar-refractivity contribution in [2.24, 2.45) is 5.92 Å². The van der Waals surface area contributed by atoms with Gasteiger partial charge in [-0.15, -0.1) is 0 Å². The molecule has 1 unspecified atom stereocenters. The first-order chi connectivity index (χ1) is 14.6. The van der Waals surface area contributed by atoms with E-state index in [0.29, 0.717) is 31.5 Å². The minimum absolute atomic E-state index is 0.203. The van der Waals surface area contributed by atoms with Crippen LogP contribution in [-0.4, -0.2) is 13.2 Å². The number of rotatable bonds is 10. The average Bonchev–Trinajstić information content (AvgIpc) is 2.75. The Hall–Kier alpha value is -2.85. The van der Waals surface area contributed by atoms with Crippen molar-refractivity contribution in [3.05, 3.63) is 89.7 Å². The number of ether oxygens (including phenoxy) is 3. The first-order valence-electron chi connectivity index (χ1n) is 10.4. The molecule has 0 aromatic heterocycles. The quantitative estimate of drug-likeness (QED) is 0.362. The lowest BCUT2D eigenvalue weighted by Crippen LogP contribution is -2.14. The van der Waals surface area contributed by atoms with Crippen LogP contribution in [0.5, 0.6) is 17.2 Å². The van der Waals surface area contributed by atoms with Crippen molar-refractivity contribution in [3.8, 4) is 17.2 Å². The number of halogens is 1. The van der Waals surface area contributed by atoms with Crippen molar-refractivity contribution in [2.45, 2.75) is 33.3 Å². The molecule has 0 saturated heterocycles. The Bertz CT molecular complexity index is 907. The van der Waals surface area contributed by atoms with Crippen LogP contribution in [0.1, 0.15) is 37.8 Å². The van der Waals surface area contributed by atoms with Gasteiger partial charge >= 0.3 is 0 Å². The van der Waals surface area contributed by atoms with E-state index in [-0.39, 0.29) is 11.7 Å². The van der Waals surface area contributed by atoms with Crippen LogP contribution in [0.15, 0.2) is 72.8 Å². The van der Waals surface area contributed by atoms with E-state index in [0.717, 1.165) is 11.3 Å². The minimum Gasteiger partial charge on any atom is -0.494 e. The molecule has 0 spiro atoms. The Morgan fingerprint density at radius 1 is 0.867 bits per heavy atom. The highest BCUT2D eigenvalue weighted by Gasteiger charge is 2.17. The highest BCUT2D eigenvalue weighted by Crippen LogP contribution is 2.28. The molecule has 0 aliphatic carbocycles. The van der Waals surface area contributed by atoms with E-state index in [1.807, 2.05) is 37.3 Å². The molecule has 0 radical (unpaired) electrons. The molecule has 3 aromatic rings. The molecule has 0 aliphatic heterocycles. The fourth-order valence-electron chi connectivity index (χ4n) is 3.29. The van der Waals surface area contributed by atoms with Gasteiger partial charge in [-0.25, -0.2) is 4.39 Å². The molecule has 158 valence electrons. The van der Waals surface area contributed by atoms with Crippen LogP contribution in [0, 0.1) is 11.7 Å². The SMILES string of the molecule is CCOc1ccc(C(COCc2ccc(F)c(Oc3ccccc3)c2)C(C)C)cc1. The van der Waals surface area contributed by atoms with E-state index < -0.39 is 5.82 Å². The van der Waals surface area contributed by atoms with E-state index in [2.05, 4.69) is 26.0 Å². The van der Waals surface area contributed by atoms with Crippen molar-refractivity contribution in [2.75, 3.05) is 13.2 Å². The van der Waals surface area contributed by atoms with Crippen LogP contribution in [0.25, 0.3) is 0 Å². The Morgan fingerprint density at radius 2 is 1.60 bits per heavy atom. The summed E-state index contributed by atoms with van der Waals surface area (Å²) in [5, 5.41) is 0. The van der Waals surface area contributed by atoms with Crippen molar-refractivity contribution in [1.29, 1.82) is 0 Å². The van der Waals surface area contributed by atoms with Gasteiger partial charge in [0, 0.05) is 5.92 Å². The van der Waals surface area contributed by atoms with Gasteiger partial charge in [0.1, 0.15) is 11.5 Å². The second-order valence-corrected chi connectivity index (χ2v) is 7.55. The maximum Gasteiger partial charge on any atom is 0.165 e. The lowest BCUT2D eigenvalue weighted by Gasteiger charge is -2.22. The molecule has 0 amide bonds. The van der Waals surface area contributed by atoms with Crippen molar-refractivity contribution < 1.29 is 18.6 Å². The summed E-state index contributed by atoms with van der Waals surface area (Å²) in [5.41, 5.74) is 2.09. The van der Waals surface area contributed by atoms with Crippen LogP contribution in [0.4, 0.5) is 4.39 Å². The molecule has 0 bridgehead atoms. The number of hydrogen-bond donors (Lipinski definition) is 0. The molecule has 0 N–H and O–H groups in total. The van der Waals surface area contributed by atoms with Gasteiger partial charge in [0.05, 0.1) is 19.8 Å². The second-order valence-electron chi connectivity index (χ2n) is 7.55. The van der Waals surface area contributed by atoms with Gasteiger partial charge < -0.3 is 14.2 Å². The summed E-state index contributed by atoms with van der Waals surface area (Å²) < 4.78 is 31.4. The van der Waals surface area contributed by atoms with E-state index in [9.17, 15) is 4.39 Å². The van der Waals surface area contributed by atoms with Crippen LogP contribution < -0.4 is 9.47 Å². The van der Waals surface area contributed by atoms with Gasteiger partial charge in [-0.1, -0.05) is 50.2 Å². The maximum absolute atomic E-state index is 14.1. The summed E-state index contributed by atoms with van der Waals surface area (Å²) in [4.78, 5) is 0. The van der Waals surface area contributed by atoms with Crippen LogP contribution in [0.2, 0.25) is 0 Å². The third-order valence-corrected chi connectivity index (χ3v) is 4.96. The number of para-hydroxylation sites is 1. The van der Waals surface area contributed by atoms with Gasteiger partial charge in [0.25, 0.3) is 0 Å². The fourth-order valence-corrected chi connectivity index (χ4v) is 3.29. The molecule has 4 heteroatoms. The Labute approximate surface area is 178 Å². The van der Waals surface area contributed by atoms with Crippen LogP contribution in [-0.2, 0) is 11.3 Å². The normalized spacial score (nSPS) is 12.0. The summed E-state index contributed by atoms with van der Waals surface area (Å²) in [6, 6.07) is 22.2. The van der Waals surface area contributed by atoms with Gasteiger partial charge in [0.15, 0.2) is 11.6 Å². The smallest absolute Gasteiger partial charge is 0.165 e. The zero-order valence-electron chi connectivity index (χ0n) is 17.8. The first kappa shape index (κ1) is 21.8. The molecular formula is C26H29FO3. The minimum atomic E-state index is -0.392. The topological polar surface area (TPSA) is 27.7 Å². The Kier molecular flexibility index (Phi) is 7.86. The van der Waals surface area contributed by atoms with Gasteiger partial charge in [0.2, 0.25) is 0 Å². The highest BCUT2D eigenvalue weighted by molar-refractivity contribution is 5.35. The average molecular weight is 409 g/mol. The molecule has 3 rings (SSSR count). The van der Waals surface area contributed by atoms with E-state index in [4.69, 9.17) is 14.2 Å². The number of benzene rings is 3. The molecule has 0 saturated carbocycles. The van der Waals surface area contributed by atoms with E-state index >= 15 is 0 Å². The van der Waals surface area contributed by atoms with Crippen LogP contribution in [0.3, 0.4) is 0 Å². The summed E-state index contributed by atoms with van der Waals surface area (Å²) in [7, 11) is 0. The van der Waals surface area contributed by atoms with Gasteiger partial charge in [-0.05, 0) is 60.4 Å². The molecule has 0 heterocycles. The molecule has 1 atom stereocenters. The maximum atomic E-state index is 14.1. The first-order valence-corrected chi connectivity index (χ1v) is 10.4. The zero-order chi connectivity index (χ0) is 21.3. The fraction of sp³-hybridized carbons (Fsp3) is 0.308. The lowest BCUT2D eigenvalue weighted by atomic mass is 9.89. The highest BCUT2D eigenvalue weighted by atomic mass is 19.1. The van der Waals surface area contributed by atoms with E-state index in [1.54, 1.807) is 24.3 Å². The lowest BCUT2D eigenvalue weighted by molar-refractivity contribution is 0.0956. The summed E-state index contributed by atoms with van der Waals surface area (Å²) >= 11 is 0.